The molecule has 0 bridgehead atoms. The fourth-order valence-corrected chi connectivity index (χ4v) is 1.86. The third-order valence-electron chi connectivity index (χ3n) is 2.85. The highest BCUT2D eigenvalue weighted by Crippen LogP contribution is 2.30. The highest BCUT2D eigenvalue weighted by atomic mass is 16.5. The van der Waals surface area contributed by atoms with Crippen molar-refractivity contribution >= 4 is 0 Å². The zero-order valence-electron chi connectivity index (χ0n) is 11.2. The molecule has 0 spiro atoms. The van der Waals surface area contributed by atoms with E-state index in [0.29, 0.717) is 6.61 Å². The lowest BCUT2D eigenvalue weighted by atomic mass is 9.86. The maximum Gasteiger partial charge on any atom is 0.131 e. The first-order valence-electron chi connectivity index (χ1n) is 6.25. The Kier molecular flexibility index (Phi) is 3.71. The average Bonchev–Trinajstić information content (AvgIpc) is 2.37. The average molecular weight is 239 g/mol. The van der Waals surface area contributed by atoms with Crippen molar-refractivity contribution in [1.29, 1.82) is 0 Å². The van der Waals surface area contributed by atoms with Gasteiger partial charge in [0.05, 0.1) is 0 Å². The Labute approximate surface area is 109 Å². The van der Waals surface area contributed by atoms with Gasteiger partial charge in [-0.3, -0.25) is 0 Å². The zero-order chi connectivity index (χ0) is 13.0. The Balaban J connectivity index is 2.15. The molecule has 0 aliphatic rings. The van der Waals surface area contributed by atoms with Crippen LogP contribution in [-0.2, 0) is 12.0 Å². The summed E-state index contributed by atoms with van der Waals surface area (Å²) < 4.78 is 5.89. The minimum atomic E-state index is 0.0732. The van der Waals surface area contributed by atoms with Gasteiger partial charge in [0.15, 0.2) is 0 Å². The van der Waals surface area contributed by atoms with E-state index in [1.165, 1.54) is 11.1 Å². The van der Waals surface area contributed by atoms with Crippen LogP contribution in [0.15, 0.2) is 48.5 Å². The highest BCUT2D eigenvalue weighted by molar-refractivity contribution is 5.37. The summed E-state index contributed by atoms with van der Waals surface area (Å²) in [6.07, 6.45) is 0. The van der Waals surface area contributed by atoms with E-state index in [9.17, 15) is 0 Å². The third kappa shape index (κ3) is 3.13. The van der Waals surface area contributed by atoms with Crippen molar-refractivity contribution < 1.29 is 4.74 Å². The molecule has 0 atom stereocenters. The van der Waals surface area contributed by atoms with Gasteiger partial charge in [0, 0.05) is 11.6 Å². The number of hydrogen-bond acceptors (Lipinski definition) is 1. The first-order chi connectivity index (χ1) is 8.57. The molecular weight excluding hydrogens is 220 g/mol. The summed E-state index contributed by atoms with van der Waals surface area (Å²) in [6.45, 7) is 7.15. The van der Waals surface area contributed by atoms with Crippen LogP contribution in [0, 0.1) is 6.07 Å². The summed E-state index contributed by atoms with van der Waals surface area (Å²) in [5.41, 5.74) is 2.44. The van der Waals surface area contributed by atoms with Gasteiger partial charge in [-0.05, 0) is 11.0 Å². The molecule has 2 aromatic rings. The molecule has 93 valence electrons. The predicted molar refractivity (Wildman–Crippen MR) is 74.8 cm³/mol. The highest BCUT2D eigenvalue weighted by Gasteiger charge is 2.18. The molecule has 1 nitrogen and oxygen atoms in total. The van der Waals surface area contributed by atoms with Crippen molar-refractivity contribution in [2.45, 2.75) is 32.8 Å². The largest absolute Gasteiger partial charge is 0.488 e. The molecular formula is C17H19O. The second-order valence-electron chi connectivity index (χ2n) is 5.44. The Bertz CT molecular complexity index is 495. The van der Waals surface area contributed by atoms with E-state index in [1.54, 1.807) is 0 Å². The van der Waals surface area contributed by atoms with Gasteiger partial charge in [-0.15, -0.1) is 0 Å². The lowest BCUT2D eigenvalue weighted by Crippen LogP contribution is -2.13. The first kappa shape index (κ1) is 12.7. The van der Waals surface area contributed by atoms with Gasteiger partial charge in [0.1, 0.15) is 12.4 Å². The van der Waals surface area contributed by atoms with Crippen LogP contribution in [0.2, 0.25) is 0 Å². The molecule has 0 N–H and O–H groups in total. The van der Waals surface area contributed by atoms with Crippen molar-refractivity contribution in [3.8, 4) is 5.75 Å². The van der Waals surface area contributed by atoms with E-state index >= 15 is 0 Å². The number of para-hydroxylation sites is 1. The fraction of sp³-hybridized carbons (Fsp3) is 0.294. The van der Waals surface area contributed by atoms with Crippen molar-refractivity contribution in [3.05, 3.63) is 65.7 Å². The predicted octanol–water partition coefficient (Wildman–Crippen LogP) is 4.36. The van der Waals surface area contributed by atoms with Gasteiger partial charge in [0.25, 0.3) is 0 Å². The number of rotatable bonds is 3. The van der Waals surface area contributed by atoms with Gasteiger partial charge in [0.2, 0.25) is 0 Å². The van der Waals surface area contributed by atoms with Crippen molar-refractivity contribution in [2.24, 2.45) is 0 Å². The second-order valence-corrected chi connectivity index (χ2v) is 5.44. The van der Waals surface area contributed by atoms with Crippen LogP contribution in [0.5, 0.6) is 5.75 Å². The molecule has 2 aromatic carbocycles. The van der Waals surface area contributed by atoms with Gasteiger partial charge in [-0.2, -0.15) is 0 Å². The Morgan fingerprint density at radius 2 is 1.72 bits per heavy atom. The second kappa shape index (κ2) is 5.26. The standard InChI is InChI=1S/C17H19O/c1-17(2,3)15-11-7-8-12-16(15)18-13-14-9-5-4-6-10-14/h4-11H,13H2,1-3H3. The Morgan fingerprint density at radius 1 is 1.00 bits per heavy atom. The molecule has 0 heterocycles. The van der Waals surface area contributed by atoms with Crippen LogP contribution >= 0.6 is 0 Å². The number of ether oxygens (including phenoxy) is 1. The van der Waals surface area contributed by atoms with Crippen LogP contribution in [0.4, 0.5) is 0 Å². The van der Waals surface area contributed by atoms with Gasteiger partial charge < -0.3 is 4.74 Å². The first-order valence-corrected chi connectivity index (χ1v) is 6.25. The minimum Gasteiger partial charge on any atom is -0.488 e. The van der Waals surface area contributed by atoms with Crippen LogP contribution in [-0.4, -0.2) is 0 Å². The maximum atomic E-state index is 5.89. The van der Waals surface area contributed by atoms with E-state index < -0.39 is 0 Å². The van der Waals surface area contributed by atoms with Crippen LogP contribution in [0.25, 0.3) is 0 Å². The molecule has 0 unspecified atom stereocenters. The van der Waals surface area contributed by atoms with Crippen molar-refractivity contribution in [2.75, 3.05) is 0 Å². The molecule has 1 radical (unpaired) electrons. The molecule has 0 aliphatic heterocycles. The summed E-state index contributed by atoms with van der Waals surface area (Å²) in [7, 11) is 0. The van der Waals surface area contributed by atoms with E-state index in [4.69, 9.17) is 4.74 Å². The van der Waals surface area contributed by atoms with Crippen molar-refractivity contribution in [1.82, 2.24) is 0 Å². The van der Waals surface area contributed by atoms with E-state index in [0.717, 1.165) is 5.75 Å². The maximum absolute atomic E-state index is 5.89. The van der Waals surface area contributed by atoms with Crippen LogP contribution in [0.3, 0.4) is 0 Å². The molecule has 0 saturated carbocycles. The zero-order valence-corrected chi connectivity index (χ0v) is 11.2. The smallest absolute Gasteiger partial charge is 0.131 e. The molecule has 18 heavy (non-hydrogen) atoms. The molecule has 0 amide bonds. The fourth-order valence-electron chi connectivity index (χ4n) is 1.86. The SMILES string of the molecule is CC(C)(C)c1ccc[c]c1OCc1ccccc1. The molecule has 1 heteroatoms. The lowest BCUT2D eigenvalue weighted by Gasteiger charge is -2.22. The van der Waals surface area contributed by atoms with Crippen LogP contribution in [0.1, 0.15) is 31.9 Å². The van der Waals surface area contributed by atoms with Gasteiger partial charge in [-0.25, -0.2) is 0 Å². The summed E-state index contributed by atoms with van der Waals surface area (Å²) >= 11 is 0. The van der Waals surface area contributed by atoms with Gasteiger partial charge in [-0.1, -0.05) is 69.3 Å². The normalized spacial score (nSPS) is 11.3. The summed E-state index contributed by atoms with van der Waals surface area (Å²) in [6, 6.07) is 19.4. The quantitative estimate of drug-likeness (QED) is 0.773. The number of hydrogen-bond donors (Lipinski definition) is 0. The minimum absolute atomic E-state index is 0.0732. The molecule has 0 fully saturated rings. The summed E-state index contributed by atoms with van der Waals surface area (Å²) in [5.74, 6) is 0.855. The molecule has 0 aromatic heterocycles. The van der Waals surface area contributed by atoms with E-state index in [1.807, 2.05) is 30.3 Å². The topological polar surface area (TPSA) is 9.23 Å². The van der Waals surface area contributed by atoms with Crippen LogP contribution < -0.4 is 4.74 Å². The Morgan fingerprint density at radius 3 is 2.39 bits per heavy atom. The van der Waals surface area contributed by atoms with E-state index in [-0.39, 0.29) is 5.41 Å². The van der Waals surface area contributed by atoms with Gasteiger partial charge >= 0.3 is 0 Å². The van der Waals surface area contributed by atoms with E-state index in [2.05, 4.69) is 45.0 Å². The van der Waals surface area contributed by atoms with Crippen molar-refractivity contribution in [3.63, 3.8) is 0 Å². The molecule has 0 saturated heterocycles. The lowest BCUT2D eigenvalue weighted by molar-refractivity contribution is 0.297. The molecule has 0 aliphatic carbocycles. The monoisotopic (exact) mass is 239 g/mol. The summed E-state index contributed by atoms with van der Waals surface area (Å²) in [4.78, 5) is 0. The summed E-state index contributed by atoms with van der Waals surface area (Å²) in [5, 5.41) is 0. The third-order valence-corrected chi connectivity index (χ3v) is 2.85. The Hall–Kier alpha value is -1.76. The number of benzene rings is 2. The molecule has 2 rings (SSSR count).